The molecule has 2 N–H and O–H groups in total. The molecule has 0 amide bonds. The van der Waals surface area contributed by atoms with Gasteiger partial charge in [0.1, 0.15) is 0 Å². The molecule has 0 bridgehead atoms. The summed E-state index contributed by atoms with van der Waals surface area (Å²) in [5.74, 6) is 1.61. The highest BCUT2D eigenvalue weighted by molar-refractivity contribution is 7.80. The van der Waals surface area contributed by atoms with Crippen LogP contribution in [-0.4, -0.2) is 30.3 Å². The number of allylic oxidation sites excluding steroid dienone is 1. The number of hydrogen-bond donors (Lipinski definition) is 2. The Bertz CT molecular complexity index is 686. The van der Waals surface area contributed by atoms with Crippen molar-refractivity contribution in [3.05, 3.63) is 11.6 Å². The summed E-state index contributed by atoms with van der Waals surface area (Å²) in [6.45, 7) is 4.54. The molecule has 0 radical (unpaired) electrons. The van der Waals surface area contributed by atoms with Gasteiger partial charge in [-0.05, 0) is 80.0 Å². The van der Waals surface area contributed by atoms with Crippen LogP contribution in [0.5, 0.6) is 0 Å². The number of rotatable bonds is 2. The lowest BCUT2D eigenvalue weighted by Gasteiger charge is -2.57. The van der Waals surface area contributed by atoms with Crippen molar-refractivity contribution in [1.82, 2.24) is 0 Å². The van der Waals surface area contributed by atoms with Crippen molar-refractivity contribution in [3.8, 4) is 0 Å². The Kier molecular flexibility index (Phi) is 4.15. The lowest BCUT2D eigenvalue weighted by molar-refractivity contribution is -0.0655. The highest BCUT2D eigenvalue weighted by atomic mass is 32.3. The van der Waals surface area contributed by atoms with Gasteiger partial charge in [0.15, 0.2) is 0 Å². The number of fused-ring (bicyclic) bond motifs is 5. The van der Waals surface area contributed by atoms with Crippen LogP contribution >= 0.6 is 0 Å². The Hall–Kier alpha value is -0.430. The Balaban J connectivity index is 1.62. The molecule has 2 unspecified atom stereocenters. The van der Waals surface area contributed by atoms with Gasteiger partial charge in [-0.1, -0.05) is 25.5 Å². The summed E-state index contributed by atoms with van der Waals surface area (Å²) in [6, 6.07) is 0. The van der Waals surface area contributed by atoms with E-state index in [0.717, 1.165) is 44.9 Å². The molecule has 4 aliphatic rings. The minimum Gasteiger partial charge on any atom is -0.393 e. The van der Waals surface area contributed by atoms with Crippen LogP contribution in [0.2, 0.25) is 0 Å². The molecule has 0 heterocycles. The molecule has 142 valence electrons. The van der Waals surface area contributed by atoms with Gasteiger partial charge in [-0.2, -0.15) is 8.42 Å². The minimum absolute atomic E-state index is 0.174. The van der Waals surface area contributed by atoms with Gasteiger partial charge in [-0.25, -0.2) is 4.18 Å². The number of aliphatic hydroxyl groups excluding tert-OH is 1. The Morgan fingerprint density at radius 1 is 1.12 bits per heavy atom. The standard InChI is InChI=1S/C19H30O5S/c1-18-9-7-13(20)11-12(18)3-4-14-15-5-6-17(24-25(21,22)23)19(15,2)10-8-16(14)18/h3,13-17,20H,4-11H2,1-2H3,(H,21,22,23)/t13?,14-,15-,16-,17?,18-,19-/m0/s1. The number of hydrogen-bond acceptors (Lipinski definition) is 4. The molecule has 4 rings (SSSR count). The maximum atomic E-state index is 11.3. The van der Waals surface area contributed by atoms with Gasteiger partial charge >= 0.3 is 10.4 Å². The molecule has 3 fully saturated rings. The third-order valence-corrected chi connectivity index (χ3v) is 8.70. The van der Waals surface area contributed by atoms with Gasteiger partial charge in [0.05, 0.1) is 12.2 Å². The van der Waals surface area contributed by atoms with Gasteiger partial charge in [-0.15, -0.1) is 0 Å². The van der Waals surface area contributed by atoms with Crippen LogP contribution in [0.1, 0.15) is 65.2 Å². The molecule has 0 aromatic carbocycles. The average Bonchev–Trinajstić information content (AvgIpc) is 2.83. The van der Waals surface area contributed by atoms with Crippen LogP contribution in [0, 0.1) is 28.6 Å². The van der Waals surface area contributed by atoms with Gasteiger partial charge in [0, 0.05) is 0 Å². The second-order valence-electron chi connectivity index (χ2n) is 9.29. The maximum absolute atomic E-state index is 11.3. The summed E-state index contributed by atoms with van der Waals surface area (Å²) in [4.78, 5) is 0. The van der Waals surface area contributed by atoms with E-state index in [0.29, 0.717) is 24.2 Å². The predicted molar refractivity (Wildman–Crippen MR) is 94.1 cm³/mol. The second-order valence-corrected chi connectivity index (χ2v) is 10.3. The van der Waals surface area contributed by atoms with Crippen LogP contribution < -0.4 is 0 Å². The topological polar surface area (TPSA) is 83.8 Å². The van der Waals surface area contributed by atoms with E-state index in [1.165, 1.54) is 5.57 Å². The molecule has 7 atom stereocenters. The van der Waals surface area contributed by atoms with Crippen molar-refractivity contribution in [2.45, 2.75) is 77.4 Å². The Morgan fingerprint density at radius 3 is 2.60 bits per heavy atom. The maximum Gasteiger partial charge on any atom is 0.397 e. The zero-order valence-electron chi connectivity index (χ0n) is 15.1. The molecular weight excluding hydrogens is 340 g/mol. The highest BCUT2D eigenvalue weighted by Gasteiger charge is 2.59. The fourth-order valence-corrected chi connectivity index (χ4v) is 7.51. The van der Waals surface area contributed by atoms with E-state index in [4.69, 9.17) is 8.74 Å². The SMILES string of the molecule is C[C@]12CCC(O)CC1=CC[C@@H]1[C@@H]2CC[C@]2(C)C(OS(=O)(=O)O)CC[C@@H]12. The van der Waals surface area contributed by atoms with E-state index < -0.39 is 16.5 Å². The van der Waals surface area contributed by atoms with Gasteiger partial charge in [0.25, 0.3) is 0 Å². The molecule has 0 spiro atoms. The molecule has 0 aliphatic heterocycles. The normalized spacial score (nSPS) is 49.8. The van der Waals surface area contributed by atoms with Crippen molar-refractivity contribution in [2.75, 3.05) is 0 Å². The van der Waals surface area contributed by atoms with E-state index in [2.05, 4.69) is 19.9 Å². The van der Waals surface area contributed by atoms with Crippen LogP contribution in [0.25, 0.3) is 0 Å². The molecule has 0 saturated heterocycles. The van der Waals surface area contributed by atoms with E-state index >= 15 is 0 Å². The third-order valence-electron chi connectivity index (χ3n) is 8.23. The van der Waals surface area contributed by atoms with E-state index in [9.17, 15) is 13.5 Å². The molecule has 0 aromatic heterocycles. The van der Waals surface area contributed by atoms with E-state index in [-0.39, 0.29) is 16.9 Å². The molecule has 0 aromatic rings. The van der Waals surface area contributed by atoms with Gasteiger partial charge < -0.3 is 5.11 Å². The molecule has 5 nitrogen and oxygen atoms in total. The monoisotopic (exact) mass is 370 g/mol. The largest absolute Gasteiger partial charge is 0.397 e. The van der Waals surface area contributed by atoms with Crippen molar-refractivity contribution in [2.24, 2.45) is 28.6 Å². The molecule has 4 aliphatic carbocycles. The van der Waals surface area contributed by atoms with E-state index in [1.54, 1.807) is 0 Å². The first kappa shape index (κ1) is 18.0. The fourth-order valence-electron chi connectivity index (χ4n) is 6.90. The number of aliphatic hydroxyl groups is 1. The van der Waals surface area contributed by atoms with Crippen molar-refractivity contribution in [1.29, 1.82) is 0 Å². The lowest BCUT2D eigenvalue weighted by Crippen LogP contribution is -2.51. The summed E-state index contributed by atoms with van der Waals surface area (Å²) in [7, 11) is -4.40. The van der Waals surface area contributed by atoms with Crippen LogP contribution in [0.4, 0.5) is 0 Å². The predicted octanol–water partition coefficient (Wildman–Crippen LogP) is 3.50. The van der Waals surface area contributed by atoms with Crippen molar-refractivity contribution >= 4 is 10.4 Å². The minimum atomic E-state index is -4.40. The first-order chi connectivity index (χ1) is 11.6. The van der Waals surface area contributed by atoms with Crippen LogP contribution in [0.15, 0.2) is 11.6 Å². The van der Waals surface area contributed by atoms with Gasteiger partial charge in [0.2, 0.25) is 0 Å². The first-order valence-corrected chi connectivity index (χ1v) is 11.0. The van der Waals surface area contributed by atoms with Crippen molar-refractivity contribution < 1.29 is 22.3 Å². The summed E-state index contributed by atoms with van der Waals surface area (Å²) in [5.41, 5.74) is 1.46. The summed E-state index contributed by atoms with van der Waals surface area (Å²) < 4.78 is 36.7. The van der Waals surface area contributed by atoms with Crippen molar-refractivity contribution in [3.63, 3.8) is 0 Å². The molecule has 6 heteroatoms. The fraction of sp³-hybridized carbons (Fsp3) is 0.895. The molecule has 3 saturated carbocycles. The van der Waals surface area contributed by atoms with Crippen LogP contribution in [-0.2, 0) is 14.6 Å². The average molecular weight is 371 g/mol. The third kappa shape index (κ3) is 2.80. The second kappa shape index (κ2) is 5.78. The lowest BCUT2D eigenvalue weighted by atomic mass is 9.48. The molecular formula is C19H30O5S. The summed E-state index contributed by atoms with van der Waals surface area (Å²) in [5, 5.41) is 10.1. The summed E-state index contributed by atoms with van der Waals surface area (Å²) in [6.07, 6.45) is 9.25. The van der Waals surface area contributed by atoms with Gasteiger partial charge in [-0.3, -0.25) is 4.55 Å². The first-order valence-electron chi connectivity index (χ1n) is 9.67. The zero-order chi connectivity index (χ0) is 18.0. The van der Waals surface area contributed by atoms with E-state index in [1.807, 2.05) is 0 Å². The molecule has 25 heavy (non-hydrogen) atoms. The van der Waals surface area contributed by atoms with Crippen LogP contribution in [0.3, 0.4) is 0 Å². The Labute approximate surface area is 150 Å². The highest BCUT2D eigenvalue weighted by Crippen LogP contribution is 2.65. The summed E-state index contributed by atoms with van der Waals surface area (Å²) >= 11 is 0. The zero-order valence-corrected chi connectivity index (χ0v) is 16.0. The Morgan fingerprint density at radius 2 is 1.88 bits per heavy atom. The smallest absolute Gasteiger partial charge is 0.393 e. The quantitative estimate of drug-likeness (QED) is 0.574.